The number of phosphoric ester groups is 1. The maximum Gasteiger partial charge on any atom is 0.469 e. The Morgan fingerprint density at radius 1 is 1.00 bits per heavy atom. The molecule has 1 aromatic rings. The molecule has 0 aliphatic rings. The first kappa shape index (κ1) is 23.2. The van der Waals surface area contributed by atoms with Crippen molar-refractivity contribution >= 4 is 13.8 Å². The molecule has 0 fully saturated rings. The first-order chi connectivity index (χ1) is 12.8. The number of phosphoric acid groups is 1. The Morgan fingerprint density at radius 3 is 2.04 bits per heavy atom. The zero-order valence-electron chi connectivity index (χ0n) is 15.5. The Bertz CT molecular complexity index is 640. The van der Waals surface area contributed by atoms with Crippen LogP contribution in [0.25, 0.3) is 0 Å². The number of esters is 1. The van der Waals surface area contributed by atoms with Crippen LogP contribution < -0.4 is 9.47 Å². The zero-order valence-corrected chi connectivity index (χ0v) is 16.4. The van der Waals surface area contributed by atoms with Crippen LogP contribution in [0.1, 0.15) is 32.6 Å². The zero-order chi connectivity index (χ0) is 20.1. The SMILES string of the molecule is C=C(C)C(=O)OCCCCOc1cccc(OCCCCOP(=O)(O)O)c1. The lowest BCUT2D eigenvalue weighted by molar-refractivity contribution is -0.139. The summed E-state index contributed by atoms with van der Waals surface area (Å²) in [5.74, 6) is 0.948. The highest BCUT2D eigenvalue weighted by Crippen LogP contribution is 2.35. The fourth-order valence-electron chi connectivity index (χ4n) is 1.91. The molecule has 0 aromatic heterocycles. The lowest BCUT2D eigenvalue weighted by Crippen LogP contribution is -2.07. The second-order valence-electron chi connectivity index (χ2n) is 5.83. The third-order valence-corrected chi connectivity index (χ3v) is 3.78. The fraction of sp³-hybridized carbons (Fsp3) is 0.500. The Labute approximate surface area is 159 Å². The minimum atomic E-state index is -4.39. The summed E-state index contributed by atoms with van der Waals surface area (Å²) < 4.78 is 31.1. The van der Waals surface area contributed by atoms with Gasteiger partial charge in [0.05, 0.1) is 26.4 Å². The van der Waals surface area contributed by atoms with Gasteiger partial charge >= 0.3 is 13.8 Å². The van der Waals surface area contributed by atoms with E-state index in [1.807, 2.05) is 12.1 Å². The van der Waals surface area contributed by atoms with Crippen molar-refractivity contribution in [1.29, 1.82) is 0 Å². The van der Waals surface area contributed by atoms with Crippen LogP contribution in [-0.2, 0) is 18.6 Å². The van der Waals surface area contributed by atoms with Crippen molar-refractivity contribution in [2.24, 2.45) is 0 Å². The molecule has 152 valence electrons. The highest BCUT2D eigenvalue weighted by atomic mass is 31.2. The molecule has 27 heavy (non-hydrogen) atoms. The van der Waals surface area contributed by atoms with E-state index in [0.29, 0.717) is 56.2 Å². The van der Waals surface area contributed by atoms with Crippen molar-refractivity contribution in [3.05, 3.63) is 36.4 Å². The van der Waals surface area contributed by atoms with E-state index in [1.54, 1.807) is 19.1 Å². The van der Waals surface area contributed by atoms with Crippen LogP contribution in [0.5, 0.6) is 11.5 Å². The maximum absolute atomic E-state index is 11.2. The molecule has 0 aliphatic carbocycles. The number of unbranched alkanes of at least 4 members (excludes halogenated alkanes) is 2. The van der Waals surface area contributed by atoms with Crippen LogP contribution in [-0.4, -0.2) is 42.2 Å². The average molecular weight is 402 g/mol. The molecular weight excluding hydrogens is 375 g/mol. The molecule has 2 N–H and O–H groups in total. The summed E-state index contributed by atoms with van der Waals surface area (Å²) in [6, 6.07) is 7.21. The summed E-state index contributed by atoms with van der Waals surface area (Å²) in [6.45, 7) is 6.34. The third-order valence-electron chi connectivity index (χ3n) is 3.26. The van der Waals surface area contributed by atoms with Gasteiger partial charge < -0.3 is 24.0 Å². The van der Waals surface area contributed by atoms with E-state index < -0.39 is 7.82 Å². The summed E-state index contributed by atoms with van der Waals surface area (Å²) in [6.07, 6.45) is 2.53. The topological polar surface area (TPSA) is 112 Å². The number of ether oxygens (including phenoxy) is 3. The van der Waals surface area contributed by atoms with E-state index in [1.165, 1.54) is 0 Å². The number of hydrogen-bond acceptors (Lipinski definition) is 6. The van der Waals surface area contributed by atoms with Gasteiger partial charge in [0.15, 0.2) is 0 Å². The van der Waals surface area contributed by atoms with Gasteiger partial charge in [-0.15, -0.1) is 0 Å². The van der Waals surface area contributed by atoms with Gasteiger partial charge in [-0.05, 0) is 44.7 Å². The number of benzene rings is 1. The monoisotopic (exact) mass is 402 g/mol. The van der Waals surface area contributed by atoms with Crippen molar-refractivity contribution in [3.8, 4) is 11.5 Å². The van der Waals surface area contributed by atoms with Gasteiger partial charge in [0.1, 0.15) is 11.5 Å². The summed E-state index contributed by atoms with van der Waals surface area (Å²) >= 11 is 0. The molecule has 0 saturated carbocycles. The quantitative estimate of drug-likeness (QED) is 0.211. The Kier molecular flexibility index (Phi) is 10.7. The van der Waals surface area contributed by atoms with E-state index in [-0.39, 0.29) is 12.6 Å². The standard InChI is InChI=1S/C18H27O8P/c1-15(2)18(19)25-12-4-3-10-23-16-8-7-9-17(14-16)24-11-5-6-13-26-27(20,21)22/h7-9,14H,1,3-6,10-13H2,2H3,(H2,20,21,22). The molecule has 0 unspecified atom stereocenters. The van der Waals surface area contributed by atoms with Crippen LogP contribution in [0.4, 0.5) is 0 Å². The van der Waals surface area contributed by atoms with E-state index >= 15 is 0 Å². The van der Waals surface area contributed by atoms with Crippen LogP contribution in [0, 0.1) is 0 Å². The molecule has 8 nitrogen and oxygen atoms in total. The molecule has 1 aromatic carbocycles. The van der Waals surface area contributed by atoms with Crippen LogP contribution in [0.2, 0.25) is 0 Å². The van der Waals surface area contributed by atoms with Crippen LogP contribution >= 0.6 is 7.82 Å². The van der Waals surface area contributed by atoms with E-state index in [9.17, 15) is 9.36 Å². The maximum atomic E-state index is 11.2. The number of carbonyl (C=O) groups is 1. The minimum absolute atomic E-state index is 0.0154. The second kappa shape index (κ2) is 12.5. The van der Waals surface area contributed by atoms with Gasteiger partial charge in [-0.1, -0.05) is 12.6 Å². The molecule has 0 radical (unpaired) electrons. The fourth-order valence-corrected chi connectivity index (χ4v) is 2.28. The smallest absolute Gasteiger partial charge is 0.469 e. The molecule has 0 bridgehead atoms. The number of hydrogen-bond donors (Lipinski definition) is 2. The summed E-state index contributed by atoms with van der Waals surface area (Å²) in [5, 5.41) is 0. The molecule has 0 aliphatic heterocycles. The molecule has 9 heteroatoms. The Hall–Kier alpha value is -1.86. The third kappa shape index (κ3) is 12.2. The van der Waals surface area contributed by atoms with Gasteiger partial charge in [0.2, 0.25) is 0 Å². The molecule has 0 atom stereocenters. The van der Waals surface area contributed by atoms with Crippen LogP contribution in [0.3, 0.4) is 0 Å². The van der Waals surface area contributed by atoms with E-state index in [0.717, 1.165) is 6.42 Å². The van der Waals surface area contributed by atoms with Gasteiger partial charge in [-0.25, -0.2) is 9.36 Å². The Balaban J connectivity index is 2.15. The largest absolute Gasteiger partial charge is 0.493 e. The first-order valence-corrected chi connectivity index (χ1v) is 10.2. The van der Waals surface area contributed by atoms with Gasteiger partial charge in [-0.3, -0.25) is 4.52 Å². The predicted octanol–water partition coefficient (Wildman–Crippen LogP) is 3.23. The Morgan fingerprint density at radius 2 is 1.52 bits per heavy atom. The van der Waals surface area contributed by atoms with Crippen molar-refractivity contribution in [3.63, 3.8) is 0 Å². The van der Waals surface area contributed by atoms with Crippen molar-refractivity contribution in [2.45, 2.75) is 32.6 Å². The van der Waals surface area contributed by atoms with Gasteiger partial charge in [-0.2, -0.15) is 0 Å². The normalized spacial score (nSPS) is 11.1. The lowest BCUT2D eigenvalue weighted by Gasteiger charge is -2.10. The number of carbonyl (C=O) groups excluding carboxylic acids is 1. The van der Waals surface area contributed by atoms with E-state index in [2.05, 4.69) is 11.1 Å². The van der Waals surface area contributed by atoms with Crippen molar-refractivity contribution in [2.75, 3.05) is 26.4 Å². The average Bonchev–Trinajstić information content (AvgIpc) is 2.60. The van der Waals surface area contributed by atoms with Crippen molar-refractivity contribution in [1.82, 2.24) is 0 Å². The summed E-state index contributed by atoms with van der Waals surface area (Å²) in [7, 11) is -4.39. The van der Waals surface area contributed by atoms with Crippen molar-refractivity contribution < 1.29 is 37.9 Å². The second-order valence-corrected chi connectivity index (χ2v) is 7.07. The minimum Gasteiger partial charge on any atom is -0.493 e. The predicted molar refractivity (Wildman–Crippen MR) is 99.7 cm³/mol. The highest BCUT2D eigenvalue weighted by molar-refractivity contribution is 7.46. The molecule has 0 heterocycles. The lowest BCUT2D eigenvalue weighted by atomic mass is 10.3. The first-order valence-electron chi connectivity index (χ1n) is 8.66. The molecule has 0 saturated heterocycles. The van der Waals surface area contributed by atoms with Gasteiger partial charge in [0, 0.05) is 11.6 Å². The van der Waals surface area contributed by atoms with Gasteiger partial charge in [0.25, 0.3) is 0 Å². The molecule has 0 amide bonds. The molecule has 1 rings (SSSR count). The molecular formula is C18H27O8P. The van der Waals surface area contributed by atoms with E-state index in [4.69, 9.17) is 24.0 Å². The summed E-state index contributed by atoms with van der Waals surface area (Å²) in [4.78, 5) is 28.3. The summed E-state index contributed by atoms with van der Waals surface area (Å²) in [5.41, 5.74) is 0.386. The molecule has 0 spiro atoms. The van der Waals surface area contributed by atoms with Crippen LogP contribution in [0.15, 0.2) is 36.4 Å². The number of rotatable bonds is 14. The highest BCUT2D eigenvalue weighted by Gasteiger charge is 2.12.